The Balaban J connectivity index is 2.31. The van der Waals surface area contributed by atoms with E-state index in [2.05, 4.69) is 0 Å². The molecule has 4 nitrogen and oxygen atoms in total. The first kappa shape index (κ1) is 15.2. The molecular weight excluding hydrogens is 288 g/mol. The van der Waals surface area contributed by atoms with Gasteiger partial charge in [0.1, 0.15) is 5.75 Å². The maximum atomic E-state index is 12.5. The van der Waals surface area contributed by atoms with Crippen LogP contribution in [0.25, 0.3) is 0 Å². The lowest BCUT2D eigenvalue weighted by atomic mass is 10.0. The van der Waals surface area contributed by atoms with Gasteiger partial charge in [-0.15, -0.1) is 0 Å². The van der Waals surface area contributed by atoms with Crippen LogP contribution in [-0.4, -0.2) is 23.0 Å². The summed E-state index contributed by atoms with van der Waals surface area (Å²) in [4.78, 5) is 14.1. The molecule has 0 aliphatic heterocycles. The Morgan fingerprint density at radius 1 is 1.29 bits per heavy atom. The van der Waals surface area contributed by atoms with Crippen molar-refractivity contribution in [2.24, 2.45) is 0 Å². The number of aromatic hydroxyl groups is 1. The third kappa shape index (κ3) is 3.11. The Labute approximate surface area is 128 Å². The largest absolute Gasteiger partial charge is 0.508 e. The van der Waals surface area contributed by atoms with Gasteiger partial charge in [0.25, 0.3) is 5.91 Å². The number of amides is 1. The summed E-state index contributed by atoms with van der Waals surface area (Å²) in [6, 6.07) is 11.4. The van der Waals surface area contributed by atoms with Gasteiger partial charge in [0.15, 0.2) is 0 Å². The van der Waals surface area contributed by atoms with E-state index in [1.165, 1.54) is 4.90 Å². The molecule has 0 heterocycles. The second kappa shape index (κ2) is 6.06. The van der Waals surface area contributed by atoms with Crippen molar-refractivity contribution in [3.63, 3.8) is 0 Å². The lowest BCUT2D eigenvalue weighted by molar-refractivity contribution is 0.0741. The van der Waals surface area contributed by atoms with Gasteiger partial charge in [-0.3, -0.25) is 4.79 Å². The van der Waals surface area contributed by atoms with Crippen molar-refractivity contribution in [2.45, 2.75) is 13.0 Å². The summed E-state index contributed by atoms with van der Waals surface area (Å²) in [5, 5.41) is 10.2. The molecule has 3 N–H and O–H groups in total. The number of carbonyl (C=O) groups excluding carboxylic acids is 1. The molecule has 0 aliphatic carbocycles. The summed E-state index contributed by atoms with van der Waals surface area (Å²) < 4.78 is 0. The third-order valence-electron chi connectivity index (χ3n) is 3.51. The van der Waals surface area contributed by atoms with Crippen LogP contribution in [0.1, 0.15) is 28.9 Å². The van der Waals surface area contributed by atoms with Crippen LogP contribution in [-0.2, 0) is 0 Å². The van der Waals surface area contributed by atoms with E-state index in [1.54, 1.807) is 43.4 Å². The van der Waals surface area contributed by atoms with Crippen LogP contribution in [0.15, 0.2) is 42.5 Å². The Morgan fingerprint density at radius 2 is 1.95 bits per heavy atom. The third-order valence-corrected chi connectivity index (χ3v) is 3.84. The fraction of sp³-hybridized carbons (Fsp3) is 0.188. The summed E-state index contributed by atoms with van der Waals surface area (Å²) in [5.74, 6) is -0.0913. The Hall–Kier alpha value is -2.20. The predicted octanol–water partition coefficient (Wildman–Crippen LogP) is 3.46. The molecule has 110 valence electrons. The molecule has 1 atom stereocenters. The molecule has 1 amide bonds. The molecule has 0 saturated carbocycles. The number of nitrogens with zero attached hydrogens (tertiary/aromatic N) is 1. The first-order chi connectivity index (χ1) is 9.91. The number of nitrogens with two attached hydrogens (primary N) is 1. The van der Waals surface area contributed by atoms with Crippen molar-refractivity contribution in [3.05, 3.63) is 58.6 Å². The van der Waals surface area contributed by atoms with Crippen LogP contribution in [0, 0.1) is 0 Å². The second-order valence-electron chi connectivity index (χ2n) is 4.89. The number of para-hydroxylation sites is 1. The van der Waals surface area contributed by atoms with Crippen molar-refractivity contribution in [1.82, 2.24) is 4.90 Å². The lowest BCUT2D eigenvalue weighted by Gasteiger charge is -2.26. The number of phenols is 1. The second-order valence-corrected chi connectivity index (χ2v) is 5.30. The van der Waals surface area contributed by atoms with Crippen molar-refractivity contribution in [1.29, 1.82) is 0 Å². The van der Waals surface area contributed by atoms with Crippen LogP contribution in [0.4, 0.5) is 5.69 Å². The van der Waals surface area contributed by atoms with Gasteiger partial charge in [0.2, 0.25) is 0 Å². The average molecular weight is 305 g/mol. The van der Waals surface area contributed by atoms with Crippen LogP contribution >= 0.6 is 11.6 Å². The molecule has 0 spiro atoms. The summed E-state index contributed by atoms with van der Waals surface area (Å²) in [6.45, 7) is 1.84. The fourth-order valence-electron chi connectivity index (χ4n) is 2.12. The fourth-order valence-corrected chi connectivity index (χ4v) is 2.32. The molecule has 2 rings (SSSR count). The van der Waals surface area contributed by atoms with E-state index in [9.17, 15) is 9.90 Å². The number of nitrogen functional groups attached to an aromatic ring is 1. The average Bonchev–Trinajstić information content (AvgIpc) is 2.48. The molecule has 1 unspecified atom stereocenters. The van der Waals surface area contributed by atoms with Gasteiger partial charge in [-0.2, -0.15) is 0 Å². The Kier molecular flexibility index (Phi) is 4.38. The van der Waals surface area contributed by atoms with Gasteiger partial charge in [-0.25, -0.2) is 0 Å². The minimum absolute atomic E-state index is 0.156. The smallest absolute Gasteiger partial charge is 0.255 e. The van der Waals surface area contributed by atoms with E-state index in [1.807, 2.05) is 13.0 Å². The highest BCUT2D eigenvalue weighted by molar-refractivity contribution is 6.34. The zero-order chi connectivity index (χ0) is 15.6. The molecule has 2 aromatic rings. The van der Waals surface area contributed by atoms with Crippen molar-refractivity contribution >= 4 is 23.2 Å². The van der Waals surface area contributed by atoms with E-state index >= 15 is 0 Å². The number of carbonyl (C=O) groups is 1. The van der Waals surface area contributed by atoms with Gasteiger partial charge < -0.3 is 15.7 Å². The number of anilines is 1. The molecule has 5 heteroatoms. The molecule has 0 bridgehead atoms. The highest BCUT2D eigenvalue weighted by Crippen LogP contribution is 2.29. The first-order valence-corrected chi connectivity index (χ1v) is 6.89. The highest BCUT2D eigenvalue weighted by Gasteiger charge is 2.22. The summed E-state index contributed by atoms with van der Waals surface area (Å²) in [5.41, 5.74) is 7.21. The van der Waals surface area contributed by atoms with E-state index in [0.717, 1.165) is 0 Å². The first-order valence-electron chi connectivity index (χ1n) is 6.52. The minimum Gasteiger partial charge on any atom is -0.508 e. The lowest BCUT2D eigenvalue weighted by Crippen LogP contribution is -2.30. The Morgan fingerprint density at radius 3 is 2.62 bits per heavy atom. The molecule has 2 aromatic carbocycles. The molecule has 0 saturated heterocycles. The topological polar surface area (TPSA) is 66.6 Å². The predicted molar refractivity (Wildman–Crippen MR) is 84.5 cm³/mol. The number of hydrogen-bond donors (Lipinski definition) is 2. The SMILES string of the molecule is CC(c1ccccc1O)N(C)C(=O)c1cc(N)ccc1Cl. The van der Waals surface area contributed by atoms with Crippen LogP contribution in [0.3, 0.4) is 0 Å². The Bertz CT molecular complexity index is 673. The minimum atomic E-state index is -0.295. The molecule has 0 fully saturated rings. The quantitative estimate of drug-likeness (QED) is 0.853. The zero-order valence-corrected chi connectivity index (χ0v) is 12.6. The molecule has 0 aliphatic rings. The van der Waals surface area contributed by atoms with Crippen molar-refractivity contribution in [2.75, 3.05) is 12.8 Å². The highest BCUT2D eigenvalue weighted by atomic mass is 35.5. The van der Waals surface area contributed by atoms with Crippen LogP contribution in [0.2, 0.25) is 5.02 Å². The van der Waals surface area contributed by atoms with E-state index in [-0.39, 0.29) is 17.7 Å². The zero-order valence-electron chi connectivity index (χ0n) is 11.9. The maximum Gasteiger partial charge on any atom is 0.255 e. The van der Waals surface area contributed by atoms with Gasteiger partial charge >= 0.3 is 0 Å². The number of halogens is 1. The van der Waals surface area contributed by atoms with Crippen molar-refractivity contribution in [3.8, 4) is 5.75 Å². The van der Waals surface area contributed by atoms with E-state index < -0.39 is 0 Å². The molecule has 0 aromatic heterocycles. The monoisotopic (exact) mass is 304 g/mol. The number of benzene rings is 2. The van der Waals surface area contributed by atoms with Crippen LogP contribution < -0.4 is 5.73 Å². The van der Waals surface area contributed by atoms with Crippen molar-refractivity contribution < 1.29 is 9.90 Å². The van der Waals surface area contributed by atoms with Crippen LogP contribution in [0.5, 0.6) is 5.75 Å². The van der Waals surface area contributed by atoms with E-state index in [0.29, 0.717) is 21.8 Å². The van der Waals surface area contributed by atoms with Gasteiger partial charge in [0, 0.05) is 18.3 Å². The number of phenolic OH excluding ortho intramolecular Hbond substituents is 1. The van der Waals surface area contributed by atoms with Gasteiger partial charge in [-0.1, -0.05) is 29.8 Å². The van der Waals surface area contributed by atoms with Gasteiger partial charge in [0.05, 0.1) is 16.6 Å². The number of rotatable bonds is 3. The number of hydrogen-bond acceptors (Lipinski definition) is 3. The van der Waals surface area contributed by atoms with E-state index in [4.69, 9.17) is 17.3 Å². The molecular formula is C16H17ClN2O2. The molecule has 0 radical (unpaired) electrons. The summed E-state index contributed by atoms with van der Waals surface area (Å²) in [7, 11) is 1.67. The summed E-state index contributed by atoms with van der Waals surface area (Å²) in [6.07, 6.45) is 0. The standard InChI is InChI=1S/C16H17ClN2O2/c1-10(12-5-3-4-6-15(12)20)19(2)16(21)13-9-11(18)7-8-14(13)17/h3-10,20H,18H2,1-2H3. The summed E-state index contributed by atoms with van der Waals surface area (Å²) >= 11 is 6.06. The maximum absolute atomic E-state index is 12.5. The van der Waals surface area contributed by atoms with Gasteiger partial charge in [-0.05, 0) is 31.2 Å². The molecule has 21 heavy (non-hydrogen) atoms. The normalized spacial score (nSPS) is 12.0.